The molecule has 29 heavy (non-hydrogen) atoms. The van der Waals surface area contributed by atoms with Gasteiger partial charge in [0.1, 0.15) is 5.69 Å². The van der Waals surface area contributed by atoms with Crippen LogP contribution in [-0.2, 0) is 0 Å². The number of pyridine rings is 1. The highest BCUT2D eigenvalue weighted by Crippen LogP contribution is 2.51. The van der Waals surface area contributed by atoms with Crippen molar-refractivity contribution in [2.24, 2.45) is 5.92 Å². The summed E-state index contributed by atoms with van der Waals surface area (Å²) in [7, 11) is 0. The van der Waals surface area contributed by atoms with E-state index >= 15 is 0 Å². The number of ketones is 1. The van der Waals surface area contributed by atoms with Crippen LogP contribution in [-0.4, -0.2) is 51.8 Å². The number of amides is 2. The number of anilines is 3. The first-order chi connectivity index (χ1) is 13.9. The van der Waals surface area contributed by atoms with Gasteiger partial charge in [0.15, 0.2) is 17.4 Å². The van der Waals surface area contributed by atoms with E-state index in [1.807, 2.05) is 0 Å². The second-order valence-electron chi connectivity index (χ2n) is 7.61. The van der Waals surface area contributed by atoms with Crippen molar-refractivity contribution in [2.45, 2.75) is 31.2 Å². The lowest BCUT2D eigenvalue weighted by molar-refractivity contribution is 0.0830. The van der Waals surface area contributed by atoms with E-state index < -0.39 is 23.7 Å². The highest BCUT2D eigenvalue weighted by molar-refractivity contribution is 6.05. The molecule has 0 aromatic carbocycles. The molecular weight excluding hydrogens is 382 g/mol. The summed E-state index contributed by atoms with van der Waals surface area (Å²) in [5.74, 6) is -3.42. The van der Waals surface area contributed by atoms with E-state index in [0.29, 0.717) is 18.2 Å². The number of halogens is 2. The van der Waals surface area contributed by atoms with Gasteiger partial charge in [-0.25, -0.2) is 23.5 Å². The Morgan fingerprint density at radius 3 is 2.83 bits per heavy atom. The smallest absolute Gasteiger partial charge is 0.329 e. The molecular formula is C19H18F2N6O2. The monoisotopic (exact) mass is 400 g/mol. The fraction of sp³-hybridized carbons (Fsp3) is 0.421. The van der Waals surface area contributed by atoms with Crippen molar-refractivity contribution in [1.82, 2.24) is 15.0 Å². The lowest BCUT2D eigenvalue weighted by Gasteiger charge is -2.35. The second kappa shape index (κ2) is 6.43. The molecule has 3 aliphatic rings. The van der Waals surface area contributed by atoms with Crippen molar-refractivity contribution >= 4 is 29.1 Å². The quantitative estimate of drug-likeness (QED) is 0.794. The van der Waals surface area contributed by atoms with Gasteiger partial charge in [-0.15, -0.1) is 0 Å². The Balaban J connectivity index is 1.44. The molecule has 10 heteroatoms. The first kappa shape index (κ1) is 17.9. The van der Waals surface area contributed by atoms with Gasteiger partial charge in [0.05, 0.1) is 17.9 Å². The maximum Gasteiger partial charge on any atom is 0.329 e. The minimum absolute atomic E-state index is 0.0928. The van der Waals surface area contributed by atoms with Crippen LogP contribution in [0.25, 0.3) is 0 Å². The van der Waals surface area contributed by atoms with Crippen LogP contribution in [0, 0.1) is 5.92 Å². The van der Waals surface area contributed by atoms with Gasteiger partial charge in [-0.1, -0.05) is 0 Å². The van der Waals surface area contributed by atoms with Crippen molar-refractivity contribution in [3.63, 3.8) is 0 Å². The van der Waals surface area contributed by atoms with Gasteiger partial charge in [-0.3, -0.25) is 20.0 Å². The SMILES string of the molecule is O=C(C[C@@H]1CC1(F)F)c1ccc2c(n1)N(C(=O)Nc1cnccn1)[C@H]1CCN2C1. The highest BCUT2D eigenvalue weighted by atomic mass is 19.3. The highest BCUT2D eigenvalue weighted by Gasteiger charge is 2.57. The number of carbonyl (C=O) groups is 2. The van der Waals surface area contributed by atoms with Crippen molar-refractivity contribution in [3.8, 4) is 0 Å². The molecule has 1 saturated carbocycles. The van der Waals surface area contributed by atoms with Crippen LogP contribution in [0.3, 0.4) is 0 Å². The minimum atomic E-state index is -2.75. The van der Waals surface area contributed by atoms with Crippen LogP contribution in [0.1, 0.15) is 29.8 Å². The van der Waals surface area contributed by atoms with E-state index in [1.165, 1.54) is 23.5 Å². The normalized spacial score (nSPS) is 23.5. The number of nitrogens with zero attached hydrogens (tertiary/aromatic N) is 5. The van der Waals surface area contributed by atoms with Crippen LogP contribution in [0.4, 0.5) is 30.9 Å². The minimum Gasteiger partial charge on any atom is -0.366 e. The molecule has 4 heterocycles. The van der Waals surface area contributed by atoms with E-state index in [1.54, 1.807) is 12.1 Å². The summed E-state index contributed by atoms with van der Waals surface area (Å²) in [4.78, 5) is 41.5. The Kier molecular flexibility index (Phi) is 3.97. The molecule has 8 nitrogen and oxygen atoms in total. The molecule has 2 aromatic heterocycles. The van der Waals surface area contributed by atoms with Crippen LogP contribution >= 0.6 is 0 Å². The molecule has 0 spiro atoms. The Morgan fingerprint density at radius 1 is 1.28 bits per heavy atom. The Morgan fingerprint density at radius 2 is 2.10 bits per heavy atom. The number of carbonyl (C=O) groups excluding carboxylic acids is 2. The summed E-state index contributed by atoms with van der Waals surface area (Å²) in [6.45, 7) is 1.44. The molecule has 2 aliphatic heterocycles. The van der Waals surface area contributed by atoms with E-state index in [4.69, 9.17) is 0 Å². The predicted molar refractivity (Wildman–Crippen MR) is 100 cm³/mol. The number of urea groups is 1. The Hall–Kier alpha value is -3.17. The molecule has 0 radical (unpaired) electrons. The zero-order chi connectivity index (χ0) is 20.2. The summed E-state index contributed by atoms with van der Waals surface area (Å²) in [5.41, 5.74) is 0.854. The van der Waals surface area contributed by atoms with Gasteiger partial charge in [-0.05, 0) is 18.6 Å². The molecule has 1 N–H and O–H groups in total. The van der Waals surface area contributed by atoms with Crippen molar-refractivity contribution < 1.29 is 18.4 Å². The molecule has 2 bridgehead atoms. The Labute approximate surface area is 165 Å². The van der Waals surface area contributed by atoms with E-state index in [0.717, 1.165) is 18.7 Å². The first-order valence-corrected chi connectivity index (χ1v) is 9.45. The molecule has 2 fully saturated rings. The molecule has 1 aliphatic carbocycles. The summed E-state index contributed by atoms with van der Waals surface area (Å²) in [5, 5.41) is 2.71. The van der Waals surface area contributed by atoms with Gasteiger partial charge in [-0.2, -0.15) is 0 Å². The fourth-order valence-corrected chi connectivity index (χ4v) is 3.98. The van der Waals surface area contributed by atoms with Crippen molar-refractivity contribution in [3.05, 3.63) is 36.4 Å². The molecule has 2 amide bonds. The predicted octanol–water partition coefficient (Wildman–Crippen LogP) is 2.73. The number of alkyl halides is 2. The largest absolute Gasteiger partial charge is 0.366 e. The lowest BCUT2D eigenvalue weighted by atomic mass is 10.1. The van der Waals surface area contributed by atoms with E-state index in [2.05, 4.69) is 25.2 Å². The van der Waals surface area contributed by atoms with Crippen LogP contribution in [0.5, 0.6) is 0 Å². The maximum absolute atomic E-state index is 13.2. The number of rotatable bonds is 4. The average Bonchev–Trinajstić information content (AvgIpc) is 3.09. The second-order valence-corrected chi connectivity index (χ2v) is 7.61. The summed E-state index contributed by atoms with van der Waals surface area (Å²) >= 11 is 0. The van der Waals surface area contributed by atoms with Crippen LogP contribution < -0.4 is 15.1 Å². The zero-order valence-corrected chi connectivity index (χ0v) is 15.4. The van der Waals surface area contributed by atoms with Gasteiger partial charge < -0.3 is 4.90 Å². The number of hydrogen-bond donors (Lipinski definition) is 1. The van der Waals surface area contributed by atoms with Gasteiger partial charge in [0.2, 0.25) is 0 Å². The average molecular weight is 400 g/mol. The molecule has 2 atom stereocenters. The van der Waals surface area contributed by atoms with Crippen molar-refractivity contribution in [1.29, 1.82) is 0 Å². The number of aromatic nitrogens is 3. The first-order valence-electron chi connectivity index (χ1n) is 9.45. The summed E-state index contributed by atoms with van der Waals surface area (Å²) < 4.78 is 26.4. The number of fused-ring (bicyclic) bond motifs is 4. The summed E-state index contributed by atoms with van der Waals surface area (Å²) in [6.07, 6.45) is 4.68. The van der Waals surface area contributed by atoms with Crippen molar-refractivity contribution in [2.75, 3.05) is 28.2 Å². The number of Topliss-reactive ketones (excluding diaryl/α,β-unsaturated/α-hetero) is 1. The topological polar surface area (TPSA) is 91.3 Å². The van der Waals surface area contributed by atoms with Gasteiger partial charge in [0.25, 0.3) is 5.92 Å². The zero-order valence-electron chi connectivity index (χ0n) is 15.4. The number of nitrogens with one attached hydrogen (secondary N) is 1. The standard InChI is InChI=1S/C19H18F2N6O2/c20-19(21)8-11(19)7-15(28)13-1-2-14-17(24-13)27(12-3-6-26(14)10-12)18(29)25-16-9-22-4-5-23-16/h1-2,4-5,9,11-12H,3,6-8,10H2,(H,23,25,29)/t11-,12+/m1/s1. The van der Waals surface area contributed by atoms with Crippen LogP contribution in [0.2, 0.25) is 0 Å². The lowest BCUT2D eigenvalue weighted by Crippen LogP contribution is -2.48. The molecule has 2 aromatic rings. The van der Waals surface area contributed by atoms with E-state index in [9.17, 15) is 18.4 Å². The Bertz CT molecular complexity index is 986. The molecule has 0 unspecified atom stereocenters. The third-order valence-electron chi connectivity index (χ3n) is 5.64. The van der Waals surface area contributed by atoms with Gasteiger partial charge >= 0.3 is 6.03 Å². The van der Waals surface area contributed by atoms with Gasteiger partial charge in [0, 0.05) is 44.2 Å². The van der Waals surface area contributed by atoms with Crippen LogP contribution in [0.15, 0.2) is 30.7 Å². The third kappa shape index (κ3) is 3.18. The van der Waals surface area contributed by atoms with E-state index in [-0.39, 0.29) is 24.6 Å². The maximum atomic E-state index is 13.2. The molecule has 5 rings (SSSR count). The third-order valence-corrected chi connectivity index (χ3v) is 5.64. The molecule has 150 valence electrons. The summed E-state index contributed by atoms with van der Waals surface area (Å²) in [6, 6.07) is 2.79. The molecule has 1 saturated heterocycles. The fourth-order valence-electron chi connectivity index (χ4n) is 3.98. The number of hydrogen-bond acceptors (Lipinski definition) is 6.